The topological polar surface area (TPSA) is 126 Å². The molecule has 0 spiro atoms. The van der Waals surface area contributed by atoms with Crippen LogP contribution in [0.15, 0.2) is 82.6 Å². The normalized spacial score (nSPS) is 11.7. The van der Waals surface area contributed by atoms with Gasteiger partial charge in [-0.25, -0.2) is 18.4 Å². The molecule has 0 amide bonds. The molecule has 2 heterocycles. The van der Waals surface area contributed by atoms with Crippen LogP contribution in [0.25, 0.3) is 21.8 Å². The summed E-state index contributed by atoms with van der Waals surface area (Å²) in [7, 11) is -2.04. The number of esters is 2. The van der Waals surface area contributed by atoms with E-state index < -0.39 is 42.7 Å². The van der Waals surface area contributed by atoms with E-state index in [9.17, 15) is 28.7 Å². The van der Waals surface area contributed by atoms with Crippen molar-refractivity contribution in [1.82, 2.24) is 9.13 Å². The van der Waals surface area contributed by atoms with E-state index in [0.717, 1.165) is 0 Å². The number of aliphatic hydroxyl groups is 1. The number of ether oxygens (including phenoxy) is 2. The molecule has 65 heavy (non-hydrogen) atoms. The van der Waals surface area contributed by atoms with Crippen molar-refractivity contribution in [2.24, 2.45) is 0 Å². The second kappa shape index (κ2) is 21.8. The highest BCUT2D eigenvalue weighted by Gasteiger charge is 2.37. The quantitative estimate of drug-likeness (QED) is 0.0845. The molecule has 0 aliphatic carbocycles. The van der Waals surface area contributed by atoms with E-state index in [1.165, 1.54) is 35.2 Å². The highest BCUT2D eigenvalue weighted by molar-refractivity contribution is 6.74. The van der Waals surface area contributed by atoms with E-state index in [-0.39, 0.29) is 83.7 Å². The minimum Gasteiger partial charge on any atom is -0.462 e. The van der Waals surface area contributed by atoms with E-state index in [0.29, 0.717) is 49.0 Å². The molecular weight excluding hydrogens is 940 g/mol. The number of carbonyl (C=O) groups excluding carboxylic acids is 2. The number of rotatable bonds is 14. The van der Waals surface area contributed by atoms with Crippen molar-refractivity contribution in [1.29, 1.82) is 0 Å². The van der Waals surface area contributed by atoms with Crippen molar-refractivity contribution in [2.45, 2.75) is 78.7 Å². The molecule has 4 aromatic carbocycles. The first kappa shape index (κ1) is 51.4. The summed E-state index contributed by atoms with van der Waals surface area (Å²) in [5.41, 5.74) is 0.959. The van der Waals surface area contributed by atoms with Gasteiger partial charge in [0.1, 0.15) is 22.8 Å². The molecule has 17 heteroatoms. The Balaban J connectivity index is 0.000000250. The lowest BCUT2D eigenvalue weighted by Crippen LogP contribution is -2.41. The van der Waals surface area contributed by atoms with Gasteiger partial charge in [-0.15, -0.1) is 0 Å². The van der Waals surface area contributed by atoms with Gasteiger partial charge in [-0.05, 0) is 103 Å². The van der Waals surface area contributed by atoms with E-state index in [4.69, 9.17) is 60.3 Å². The predicted octanol–water partition coefficient (Wildman–Crippen LogP) is 11.4. The molecule has 1 N–H and O–H groups in total. The van der Waals surface area contributed by atoms with Crippen LogP contribution in [0.5, 0.6) is 0 Å². The van der Waals surface area contributed by atoms with E-state index in [1.54, 1.807) is 60.9 Å². The van der Waals surface area contributed by atoms with Crippen LogP contribution in [0, 0.1) is 11.6 Å². The smallest absolute Gasteiger partial charge is 0.343 e. The molecular formula is C48H50Cl4F2N2O8Si. The Hall–Kier alpha value is -4.60. The van der Waals surface area contributed by atoms with E-state index >= 15 is 4.39 Å². The van der Waals surface area contributed by atoms with Crippen LogP contribution in [0.2, 0.25) is 38.2 Å². The van der Waals surface area contributed by atoms with Crippen molar-refractivity contribution in [3.05, 3.63) is 159 Å². The number of nitrogens with zero attached hydrogens (tertiary/aromatic N) is 2. The lowest BCUT2D eigenvalue weighted by molar-refractivity contribution is 0.0514. The fourth-order valence-electron chi connectivity index (χ4n) is 6.89. The molecule has 0 aliphatic rings. The number of carbonyl (C=O) groups is 2. The Morgan fingerprint density at radius 2 is 1.11 bits per heavy atom. The van der Waals surface area contributed by atoms with E-state index in [2.05, 4.69) is 33.9 Å². The van der Waals surface area contributed by atoms with Gasteiger partial charge in [-0.3, -0.25) is 9.59 Å². The van der Waals surface area contributed by atoms with Crippen LogP contribution in [0.4, 0.5) is 8.78 Å². The van der Waals surface area contributed by atoms with Gasteiger partial charge in [-0.1, -0.05) is 91.4 Å². The monoisotopic (exact) mass is 988 g/mol. The zero-order valence-electron chi connectivity index (χ0n) is 37.1. The Kier molecular flexibility index (Phi) is 17.2. The van der Waals surface area contributed by atoms with Gasteiger partial charge in [0.2, 0.25) is 10.9 Å². The van der Waals surface area contributed by atoms with Crippen LogP contribution >= 0.6 is 46.4 Å². The molecule has 0 bridgehead atoms. The molecule has 0 saturated carbocycles. The molecule has 0 aliphatic heterocycles. The number of fused-ring (bicyclic) bond motifs is 2. The maximum atomic E-state index is 15.5. The second-order valence-electron chi connectivity index (χ2n) is 16.6. The van der Waals surface area contributed by atoms with Crippen LogP contribution in [-0.2, 0) is 39.8 Å². The Bertz CT molecular complexity index is 2880. The molecule has 10 nitrogen and oxygen atoms in total. The van der Waals surface area contributed by atoms with Gasteiger partial charge in [0.15, 0.2) is 8.32 Å². The Morgan fingerprint density at radius 1 is 0.692 bits per heavy atom. The lowest BCUT2D eigenvalue weighted by Gasteiger charge is -2.36. The Labute approximate surface area is 396 Å². The SMILES string of the molecule is CCOC(=O)c1cn(CCO)c2c(F)cc(Cc3cccc(Cl)c3Cl)cc2c1=O.CCOC(=O)c1cn(CCO[Si](C)(C)C(C)(C)C)c2c(F)cc(Cc3cccc(Cl)c3Cl)cc2c1=O. The summed E-state index contributed by atoms with van der Waals surface area (Å²) in [5.74, 6) is -2.75. The molecule has 6 aromatic rings. The van der Waals surface area contributed by atoms with Gasteiger partial charge in [0.05, 0.1) is 57.6 Å². The van der Waals surface area contributed by atoms with Crippen molar-refractivity contribution >= 4 is 88.5 Å². The van der Waals surface area contributed by atoms with Crippen LogP contribution < -0.4 is 10.9 Å². The average molecular weight is 991 g/mol. The largest absolute Gasteiger partial charge is 0.462 e. The summed E-state index contributed by atoms with van der Waals surface area (Å²) in [5, 5.41) is 10.9. The molecule has 346 valence electrons. The summed E-state index contributed by atoms with van der Waals surface area (Å²) in [6, 6.07) is 16.2. The summed E-state index contributed by atoms with van der Waals surface area (Å²) in [6.45, 7) is 14.5. The van der Waals surface area contributed by atoms with Gasteiger partial charge in [0.25, 0.3) is 0 Å². The van der Waals surface area contributed by atoms with Gasteiger partial charge >= 0.3 is 11.9 Å². The fraction of sp³-hybridized carbons (Fsp3) is 0.333. The van der Waals surface area contributed by atoms with Gasteiger partial charge < -0.3 is 28.1 Å². The average Bonchev–Trinajstić information content (AvgIpc) is 3.23. The zero-order valence-corrected chi connectivity index (χ0v) is 41.1. The number of benzene rings is 4. The summed E-state index contributed by atoms with van der Waals surface area (Å²) in [4.78, 5) is 50.9. The first-order valence-electron chi connectivity index (χ1n) is 20.8. The third kappa shape index (κ3) is 11.9. The highest BCUT2D eigenvalue weighted by atomic mass is 35.5. The second-order valence-corrected chi connectivity index (χ2v) is 23.0. The van der Waals surface area contributed by atoms with Crippen molar-refractivity contribution in [3.8, 4) is 0 Å². The number of hydrogen-bond donors (Lipinski definition) is 1. The van der Waals surface area contributed by atoms with Crippen molar-refractivity contribution in [3.63, 3.8) is 0 Å². The molecule has 0 radical (unpaired) electrons. The summed E-state index contributed by atoms with van der Waals surface area (Å²) in [6.07, 6.45) is 3.10. The maximum Gasteiger partial charge on any atom is 0.343 e. The lowest BCUT2D eigenvalue weighted by atomic mass is 10.0. The van der Waals surface area contributed by atoms with Crippen LogP contribution in [-0.4, -0.2) is 60.9 Å². The third-order valence-corrected chi connectivity index (χ3v) is 17.4. The van der Waals surface area contributed by atoms with Crippen molar-refractivity contribution < 1.29 is 37.4 Å². The third-order valence-electron chi connectivity index (χ3n) is 11.2. The molecule has 0 atom stereocenters. The molecule has 0 fully saturated rings. The number of pyridine rings is 2. The standard InChI is InChI=1S/C27H32Cl2FNO4Si.C21H18Cl2FNO4/c1-7-34-26(33)20-16-31(11-12-35-36(5,6)27(2,3)4)24-19(25(20)32)14-17(15-22(24)30)13-18-9-8-10-21(28)23(18)29;1-2-29-21(28)15-11-25(6-7-26)19-14(20(15)27)9-12(10-17(19)24)8-13-4-3-5-16(22)18(13)23/h8-10,14-16H,7,11-13H2,1-6H3;3-5,9-11,26H,2,6-8H2,1H3. The maximum absolute atomic E-state index is 15.5. The number of hydrogen-bond acceptors (Lipinski definition) is 8. The molecule has 0 unspecified atom stereocenters. The van der Waals surface area contributed by atoms with Gasteiger partial charge in [-0.2, -0.15) is 0 Å². The first-order chi connectivity index (χ1) is 30.6. The number of aliphatic hydroxyl groups excluding tert-OH is 1. The minimum atomic E-state index is -2.04. The van der Waals surface area contributed by atoms with Crippen LogP contribution in [0.1, 0.15) is 77.6 Å². The van der Waals surface area contributed by atoms with E-state index in [1.807, 2.05) is 0 Å². The molecule has 2 aromatic heterocycles. The summed E-state index contributed by atoms with van der Waals surface area (Å²) < 4.78 is 49.7. The summed E-state index contributed by atoms with van der Waals surface area (Å²) >= 11 is 24.7. The number of halogens is 6. The predicted molar refractivity (Wildman–Crippen MR) is 257 cm³/mol. The molecule has 0 saturated heterocycles. The Morgan fingerprint density at radius 3 is 1.49 bits per heavy atom. The highest BCUT2D eigenvalue weighted by Crippen LogP contribution is 2.37. The van der Waals surface area contributed by atoms with Gasteiger partial charge in [0, 0.05) is 36.3 Å². The zero-order chi connectivity index (χ0) is 48.0. The van der Waals surface area contributed by atoms with Crippen molar-refractivity contribution in [2.75, 3.05) is 26.4 Å². The number of aromatic nitrogens is 2. The van der Waals surface area contributed by atoms with Crippen LogP contribution in [0.3, 0.4) is 0 Å². The molecule has 6 rings (SSSR count). The fourth-order valence-corrected chi connectivity index (χ4v) is 8.70. The first-order valence-corrected chi connectivity index (χ1v) is 25.2. The minimum absolute atomic E-state index is 0.0104.